The van der Waals surface area contributed by atoms with Gasteiger partial charge in [-0.15, -0.1) is 0 Å². The van der Waals surface area contributed by atoms with Gasteiger partial charge in [0.1, 0.15) is 10.7 Å². The summed E-state index contributed by atoms with van der Waals surface area (Å²) >= 11 is 3.23. The lowest BCUT2D eigenvalue weighted by molar-refractivity contribution is 0.246. The van der Waals surface area contributed by atoms with Crippen molar-refractivity contribution in [1.82, 2.24) is 9.62 Å². The highest BCUT2D eigenvalue weighted by molar-refractivity contribution is 9.10. The Morgan fingerprint density at radius 1 is 1.50 bits per heavy atom. The van der Waals surface area contributed by atoms with Gasteiger partial charge >= 0.3 is 0 Å². The van der Waals surface area contributed by atoms with E-state index in [0.29, 0.717) is 23.5 Å². The Kier molecular flexibility index (Phi) is 5.28. The molecule has 1 unspecified atom stereocenters. The molecule has 0 aromatic carbocycles. The molecule has 20 heavy (non-hydrogen) atoms. The second-order valence-corrected chi connectivity index (χ2v) is 7.63. The van der Waals surface area contributed by atoms with Crippen LogP contribution in [0.1, 0.15) is 38.4 Å². The fraction of sp³-hybridized carbons (Fsp3) is 0.692. The Morgan fingerprint density at radius 2 is 2.25 bits per heavy atom. The van der Waals surface area contributed by atoms with Crippen LogP contribution in [0.15, 0.2) is 20.0 Å². The van der Waals surface area contributed by atoms with Crippen molar-refractivity contribution in [3.63, 3.8) is 0 Å². The summed E-state index contributed by atoms with van der Waals surface area (Å²) < 4.78 is 33.0. The minimum Gasteiger partial charge on any atom is -0.452 e. The number of nitrogens with zero attached hydrogens (tertiary/aromatic N) is 1. The third-order valence-electron chi connectivity index (χ3n) is 3.69. The van der Waals surface area contributed by atoms with Crippen LogP contribution >= 0.6 is 15.9 Å². The number of hydrogen-bond donors (Lipinski definition) is 1. The van der Waals surface area contributed by atoms with E-state index in [0.717, 1.165) is 25.7 Å². The summed E-state index contributed by atoms with van der Waals surface area (Å²) in [6.07, 6.45) is 3.81. The first kappa shape index (κ1) is 16.0. The summed E-state index contributed by atoms with van der Waals surface area (Å²) in [7, 11) is -1.69. The van der Waals surface area contributed by atoms with Crippen LogP contribution in [-0.4, -0.2) is 32.4 Å². The zero-order valence-corrected chi connectivity index (χ0v) is 14.3. The van der Waals surface area contributed by atoms with Crippen LogP contribution in [0.25, 0.3) is 0 Å². The Bertz CT molecular complexity index is 556. The SMILES string of the molecule is CCC1CCCCN1S(=O)(=O)c1cc(CNC)oc1Br. The summed E-state index contributed by atoms with van der Waals surface area (Å²) in [5.74, 6) is 0.614. The van der Waals surface area contributed by atoms with Crippen LogP contribution in [-0.2, 0) is 16.6 Å². The Morgan fingerprint density at radius 3 is 2.90 bits per heavy atom. The van der Waals surface area contributed by atoms with Crippen LogP contribution in [0.2, 0.25) is 0 Å². The number of piperidine rings is 1. The predicted molar refractivity (Wildman–Crippen MR) is 81.0 cm³/mol. The van der Waals surface area contributed by atoms with Crippen LogP contribution in [0.3, 0.4) is 0 Å². The highest BCUT2D eigenvalue weighted by atomic mass is 79.9. The predicted octanol–water partition coefficient (Wildman–Crippen LogP) is 2.71. The van der Waals surface area contributed by atoms with Crippen molar-refractivity contribution >= 4 is 26.0 Å². The maximum atomic E-state index is 12.8. The van der Waals surface area contributed by atoms with Crippen molar-refractivity contribution in [1.29, 1.82) is 0 Å². The largest absolute Gasteiger partial charge is 0.452 e. The van der Waals surface area contributed by atoms with Gasteiger partial charge in [0, 0.05) is 18.7 Å². The van der Waals surface area contributed by atoms with E-state index in [1.807, 2.05) is 6.92 Å². The highest BCUT2D eigenvalue weighted by Crippen LogP contribution is 2.32. The fourth-order valence-corrected chi connectivity index (χ4v) is 5.39. The van der Waals surface area contributed by atoms with Gasteiger partial charge in [-0.2, -0.15) is 4.31 Å². The first-order valence-electron chi connectivity index (χ1n) is 6.95. The zero-order valence-electron chi connectivity index (χ0n) is 11.9. The minimum atomic E-state index is -3.49. The van der Waals surface area contributed by atoms with Crippen LogP contribution < -0.4 is 5.32 Å². The van der Waals surface area contributed by atoms with Crippen LogP contribution in [0.4, 0.5) is 0 Å². The van der Waals surface area contributed by atoms with Gasteiger partial charge in [0.2, 0.25) is 10.0 Å². The average Bonchev–Trinajstić information content (AvgIpc) is 2.81. The van der Waals surface area contributed by atoms with E-state index >= 15 is 0 Å². The Labute approximate surface area is 128 Å². The minimum absolute atomic E-state index is 0.100. The molecule has 0 saturated carbocycles. The van der Waals surface area contributed by atoms with Gasteiger partial charge in [-0.05, 0) is 42.2 Å². The standard InChI is InChI=1S/C13H21BrN2O3S/c1-3-10-6-4-5-7-16(10)20(17,18)12-8-11(9-15-2)19-13(12)14/h8,10,15H,3-7,9H2,1-2H3. The monoisotopic (exact) mass is 364 g/mol. The lowest BCUT2D eigenvalue weighted by atomic mass is 10.0. The Balaban J connectivity index is 2.33. The topological polar surface area (TPSA) is 62.6 Å². The summed E-state index contributed by atoms with van der Waals surface area (Å²) in [6, 6.07) is 1.71. The van der Waals surface area contributed by atoms with Crippen LogP contribution in [0, 0.1) is 0 Å². The molecule has 0 bridgehead atoms. The number of halogens is 1. The van der Waals surface area contributed by atoms with Crippen molar-refractivity contribution in [3.05, 3.63) is 16.5 Å². The number of furan rings is 1. The fourth-order valence-electron chi connectivity index (χ4n) is 2.66. The van der Waals surface area contributed by atoms with Gasteiger partial charge in [-0.3, -0.25) is 0 Å². The van der Waals surface area contributed by atoms with Gasteiger partial charge in [-0.1, -0.05) is 13.3 Å². The molecule has 1 atom stereocenters. The van der Waals surface area contributed by atoms with E-state index in [2.05, 4.69) is 21.2 Å². The van der Waals surface area contributed by atoms with E-state index in [-0.39, 0.29) is 10.9 Å². The summed E-state index contributed by atoms with van der Waals surface area (Å²) in [5.41, 5.74) is 0. The molecular weight excluding hydrogens is 344 g/mol. The van der Waals surface area contributed by atoms with Crippen molar-refractivity contribution < 1.29 is 12.8 Å². The molecule has 0 aliphatic carbocycles. The van der Waals surface area contributed by atoms with Gasteiger partial charge < -0.3 is 9.73 Å². The first-order valence-corrected chi connectivity index (χ1v) is 9.18. The molecule has 1 aromatic heterocycles. The molecular formula is C13H21BrN2O3S. The molecule has 5 nitrogen and oxygen atoms in total. The highest BCUT2D eigenvalue weighted by Gasteiger charge is 2.35. The second-order valence-electron chi connectivity index (χ2n) is 5.05. The molecule has 7 heteroatoms. The molecule has 1 aliphatic heterocycles. The third kappa shape index (κ3) is 3.10. The van der Waals surface area contributed by atoms with Crippen molar-refractivity contribution in [2.24, 2.45) is 0 Å². The second kappa shape index (κ2) is 6.60. The van der Waals surface area contributed by atoms with E-state index in [4.69, 9.17) is 4.42 Å². The van der Waals surface area contributed by atoms with Gasteiger partial charge in [0.05, 0.1) is 6.54 Å². The summed E-state index contributed by atoms with van der Waals surface area (Å²) in [6.45, 7) is 3.14. The molecule has 114 valence electrons. The maximum Gasteiger partial charge on any atom is 0.247 e. The summed E-state index contributed by atoms with van der Waals surface area (Å²) in [4.78, 5) is 0.239. The lowest BCUT2D eigenvalue weighted by Crippen LogP contribution is -2.43. The van der Waals surface area contributed by atoms with Crippen molar-refractivity contribution in [2.75, 3.05) is 13.6 Å². The van der Waals surface area contributed by atoms with E-state index in [1.54, 1.807) is 17.4 Å². The average molecular weight is 365 g/mol. The number of hydrogen-bond acceptors (Lipinski definition) is 4. The van der Waals surface area contributed by atoms with E-state index in [9.17, 15) is 8.42 Å². The molecule has 1 N–H and O–H groups in total. The smallest absolute Gasteiger partial charge is 0.247 e. The molecule has 1 saturated heterocycles. The third-order valence-corrected chi connectivity index (χ3v) is 6.50. The van der Waals surface area contributed by atoms with Crippen molar-refractivity contribution in [3.8, 4) is 0 Å². The molecule has 0 radical (unpaired) electrons. The van der Waals surface area contributed by atoms with Crippen molar-refractivity contribution in [2.45, 2.75) is 50.1 Å². The zero-order chi connectivity index (χ0) is 14.8. The Hall–Kier alpha value is -0.370. The lowest BCUT2D eigenvalue weighted by Gasteiger charge is -2.33. The van der Waals surface area contributed by atoms with Gasteiger partial charge in [-0.25, -0.2) is 8.42 Å². The van der Waals surface area contributed by atoms with Crippen LogP contribution in [0.5, 0.6) is 0 Å². The number of nitrogens with one attached hydrogen (secondary N) is 1. The maximum absolute atomic E-state index is 12.8. The molecule has 0 amide bonds. The molecule has 0 spiro atoms. The first-order chi connectivity index (χ1) is 9.50. The van der Waals surface area contributed by atoms with Gasteiger partial charge in [0.15, 0.2) is 4.67 Å². The number of rotatable bonds is 5. The number of sulfonamides is 1. The molecule has 1 aliphatic rings. The molecule has 1 fully saturated rings. The molecule has 1 aromatic rings. The van der Waals surface area contributed by atoms with Gasteiger partial charge in [0.25, 0.3) is 0 Å². The van der Waals surface area contributed by atoms with E-state index < -0.39 is 10.0 Å². The molecule has 2 heterocycles. The van der Waals surface area contributed by atoms with E-state index in [1.165, 1.54) is 0 Å². The normalized spacial score (nSPS) is 21.2. The quantitative estimate of drug-likeness (QED) is 0.872. The molecule has 2 rings (SSSR count). The summed E-state index contributed by atoms with van der Waals surface area (Å²) in [5, 5.41) is 2.95.